The number of halogens is 5. The number of hydrogen-bond acceptors (Lipinski definition) is 2. The zero-order valence-electron chi connectivity index (χ0n) is 6.53. The number of benzene rings is 1. The molecule has 1 aromatic carbocycles. The molecule has 7 heteroatoms. The first kappa shape index (κ1) is 11.3. The lowest BCUT2D eigenvalue weighted by Gasteiger charge is -2.11. The standard InChI is InChI=1S/C7H4F4INO/c8-3-1-2-4(5(12)6(3)13)14-7(9,10)11/h1-2H,13H2. The topological polar surface area (TPSA) is 35.2 Å². The van der Waals surface area contributed by atoms with Gasteiger partial charge >= 0.3 is 6.36 Å². The number of nitrogens with two attached hydrogens (primary N) is 1. The van der Waals surface area contributed by atoms with E-state index >= 15 is 0 Å². The van der Waals surface area contributed by atoms with Crippen molar-refractivity contribution in [3.8, 4) is 5.75 Å². The van der Waals surface area contributed by atoms with E-state index < -0.39 is 17.9 Å². The minimum atomic E-state index is -4.80. The summed E-state index contributed by atoms with van der Waals surface area (Å²) < 4.78 is 51.6. The Morgan fingerprint density at radius 3 is 2.36 bits per heavy atom. The molecule has 0 bridgehead atoms. The second-order valence-corrected chi connectivity index (χ2v) is 3.40. The predicted octanol–water partition coefficient (Wildman–Crippen LogP) is 2.91. The zero-order chi connectivity index (χ0) is 10.9. The zero-order valence-corrected chi connectivity index (χ0v) is 8.69. The number of hydrogen-bond donors (Lipinski definition) is 1. The maximum absolute atomic E-state index is 12.7. The van der Waals surface area contributed by atoms with Crippen LogP contribution in [0.2, 0.25) is 0 Å². The highest BCUT2D eigenvalue weighted by Crippen LogP contribution is 2.32. The highest BCUT2D eigenvalue weighted by Gasteiger charge is 2.32. The lowest BCUT2D eigenvalue weighted by Crippen LogP contribution is -2.18. The van der Waals surface area contributed by atoms with Crippen molar-refractivity contribution in [1.29, 1.82) is 0 Å². The summed E-state index contributed by atoms with van der Waals surface area (Å²) in [5.74, 6) is -1.28. The van der Waals surface area contributed by atoms with E-state index in [1.807, 2.05) is 0 Å². The van der Waals surface area contributed by atoms with Gasteiger partial charge in [0.2, 0.25) is 0 Å². The Kier molecular flexibility index (Phi) is 3.07. The molecular weight excluding hydrogens is 317 g/mol. The summed E-state index contributed by atoms with van der Waals surface area (Å²) in [6, 6.07) is 1.69. The van der Waals surface area contributed by atoms with Gasteiger partial charge in [0.15, 0.2) is 0 Å². The van der Waals surface area contributed by atoms with E-state index in [0.29, 0.717) is 0 Å². The quantitative estimate of drug-likeness (QED) is 0.490. The molecule has 0 atom stereocenters. The second kappa shape index (κ2) is 3.79. The van der Waals surface area contributed by atoms with Crippen LogP contribution in [-0.4, -0.2) is 6.36 Å². The van der Waals surface area contributed by atoms with Crippen molar-refractivity contribution in [3.05, 3.63) is 21.5 Å². The van der Waals surface area contributed by atoms with Gasteiger partial charge in [-0.3, -0.25) is 0 Å². The number of anilines is 1. The van der Waals surface area contributed by atoms with Gasteiger partial charge in [-0.25, -0.2) is 4.39 Å². The van der Waals surface area contributed by atoms with E-state index in [1.54, 1.807) is 0 Å². The molecule has 14 heavy (non-hydrogen) atoms. The van der Waals surface area contributed by atoms with Crippen LogP contribution in [0.4, 0.5) is 23.2 Å². The summed E-state index contributed by atoms with van der Waals surface area (Å²) in [5.41, 5.74) is 4.82. The summed E-state index contributed by atoms with van der Waals surface area (Å²) in [7, 11) is 0. The van der Waals surface area contributed by atoms with Gasteiger partial charge in [0, 0.05) is 0 Å². The number of nitrogen functional groups attached to an aromatic ring is 1. The van der Waals surface area contributed by atoms with Gasteiger partial charge in [-0.1, -0.05) is 0 Å². The molecule has 0 saturated heterocycles. The Bertz CT molecular complexity index is 352. The molecule has 0 aliphatic carbocycles. The van der Waals surface area contributed by atoms with Crippen LogP contribution in [0.5, 0.6) is 5.75 Å². The molecule has 0 heterocycles. The van der Waals surface area contributed by atoms with Crippen molar-refractivity contribution < 1.29 is 22.3 Å². The highest BCUT2D eigenvalue weighted by molar-refractivity contribution is 14.1. The van der Waals surface area contributed by atoms with E-state index in [4.69, 9.17) is 5.73 Å². The molecule has 1 rings (SSSR count). The third kappa shape index (κ3) is 2.63. The smallest absolute Gasteiger partial charge is 0.405 e. The van der Waals surface area contributed by atoms with Gasteiger partial charge in [0.25, 0.3) is 0 Å². The molecule has 0 amide bonds. The van der Waals surface area contributed by atoms with Crippen molar-refractivity contribution in [3.63, 3.8) is 0 Å². The van der Waals surface area contributed by atoms with Gasteiger partial charge in [-0.2, -0.15) is 0 Å². The minimum absolute atomic E-state index is 0.0973. The summed E-state index contributed by atoms with van der Waals surface area (Å²) in [6.45, 7) is 0. The normalized spacial score (nSPS) is 11.5. The second-order valence-electron chi connectivity index (χ2n) is 2.32. The van der Waals surface area contributed by atoms with Crippen LogP contribution in [0.25, 0.3) is 0 Å². The van der Waals surface area contributed by atoms with Crippen molar-refractivity contribution in [2.24, 2.45) is 0 Å². The molecule has 2 N–H and O–H groups in total. The SMILES string of the molecule is Nc1c(F)ccc(OC(F)(F)F)c1I. The molecule has 0 spiro atoms. The van der Waals surface area contributed by atoms with E-state index in [2.05, 4.69) is 4.74 Å². The molecule has 0 aromatic heterocycles. The molecule has 1 aromatic rings. The molecule has 2 nitrogen and oxygen atoms in total. The average Bonchev–Trinajstić information content (AvgIpc) is 2.04. The van der Waals surface area contributed by atoms with E-state index in [0.717, 1.165) is 12.1 Å². The maximum Gasteiger partial charge on any atom is 0.573 e. The van der Waals surface area contributed by atoms with Crippen LogP contribution in [0, 0.1) is 9.39 Å². The van der Waals surface area contributed by atoms with Crippen LogP contribution in [0.1, 0.15) is 0 Å². The minimum Gasteiger partial charge on any atom is -0.405 e. The van der Waals surface area contributed by atoms with Gasteiger partial charge in [0.05, 0.1) is 9.26 Å². The molecule has 0 aliphatic rings. The van der Waals surface area contributed by atoms with Crippen LogP contribution in [0.3, 0.4) is 0 Å². The first-order valence-electron chi connectivity index (χ1n) is 3.30. The van der Waals surface area contributed by atoms with Crippen LogP contribution in [-0.2, 0) is 0 Å². The van der Waals surface area contributed by atoms with Gasteiger partial charge in [0.1, 0.15) is 11.6 Å². The Hall–Kier alpha value is -0.730. The van der Waals surface area contributed by atoms with E-state index in [9.17, 15) is 17.6 Å². The van der Waals surface area contributed by atoms with Crippen LogP contribution < -0.4 is 10.5 Å². The summed E-state index contributed by atoms with van der Waals surface area (Å²) in [6.07, 6.45) is -4.80. The van der Waals surface area contributed by atoms with Crippen molar-refractivity contribution >= 4 is 28.3 Å². The first-order valence-corrected chi connectivity index (χ1v) is 4.38. The number of alkyl halides is 3. The molecule has 0 aliphatic heterocycles. The van der Waals surface area contributed by atoms with Crippen LogP contribution >= 0.6 is 22.6 Å². The van der Waals surface area contributed by atoms with Gasteiger partial charge in [-0.15, -0.1) is 13.2 Å². The number of rotatable bonds is 1. The molecule has 0 unspecified atom stereocenters. The lowest BCUT2D eigenvalue weighted by atomic mass is 10.3. The lowest BCUT2D eigenvalue weighted by molar-refractivity contribution is -0.274. The van der Waals surface area contributed by atoms with Gasteiger partial charge < -0.3 is 10.5 Å². The molecule has 0 radical (unpaired) electrons. The van der Waals surface area contributed by atoms with E-state index in [1.165, 1.54) is 22.6 Å². The molecule has 78 valence electrons. The maximum atomic E-state index is 12.7. The molecule has 0 fully saturated rings. The first-order chi connectivity index (χ1) is 6.31. The summed E-state index contributed by atoms with van der Waals surface area (Å²) in [4.78, 5) is 0. The van der Waals surface area contributed by atoms with Crippen molar-refractivity contribution in [2.75, 3.05) is 5.73 Å². The fourth-order valence-electron chi connectivity index (χ4n) is 0.753. The summed E-state index contributed by atoms with van der Waals surface area (Å²) in [5, 5.41) is 0. The fourth-order valence-corrected chi connectivity index (χ4v) is 1.30. The Labute approximate surface area is 90.2 Å². The highest BCUT2D eigenvalue weighted by atomic mass is 127. The van der Waals surface area contributed by atoms with Gasteiger partial charge in [-0.05, 0) is 34.7 Å². The van der Waals surface area contributed by atoms with Crippen molar-refractivity contribution in [1.82, 2.24) is 0 Å². The van der Waals surface area contributed by atoms with Crippen LogP contribution in [0.15, 0.2) is 12.1 Å². The Morgan fingerprint density at radius 1 is 1.29 bits per heavy atom. The third-order valence-corrected chi connectivity index (χ3v) is 2.43. The fraction of sp³-hybridized carbons (Fsp3) is 0.143. The number of ether oxygens (including phenoxy) is 1. The Balaban J connectivity index is 3.06. The molecule has 0 saturated carbocycles. The predicted molar refractivity (Wildman–Crippen MR) is 50.2 cm³/mol. The monoisotopic (exact) mass is 321 g/mol. The average molecular weight is 321 g/mol. The van der Waals surface area contributed by atoms with Crippen molar-refractivity contribution in [2.45, 2.75) is 6.36 Å². The summed E-state index contributed by atoms with van der Waals surface area (Å²) >= 11 is 1.48. The molecular formula is C7H4F4INO. The Morgan fingerprint density at radius 2 is 1.86 bits per heavy atom. The largest absolute Gasteiger partial charge is 0.573 e. The van der Waals surface area contributed by atoms with E-state index in [-0.39, 0.29) is 9.26 Å². The third-order valence-electron chi connectivity index (χ3n) is 1.32.